The van der Waals surface area contributed by atoms with Crippen LogP contribution in [0, 0.1) is 0 Å². The number of aryl methyl sites for hydroxylation is 1. The average Bonchev–Trinajstić information content (AvgIpc) is 3.38. The number of rotatable bonds is 6. The van der Waals surface area contributed by atoms with E-state index in [1.807, 2.05) is 0 Å². The van der Waals surface area contributed by atoms with E-state index in [9.17, 15) is 27.9 Å². The Morgan fingerprint density at radius 2 is 1.68 bits per heavy atom. The summed E-state index contributed by atoms with van der Waals surface area (Å²) in [6, 6.07) is 8.28. The summed E-state index contributed by atoms with van der Waals surface area (Å²) in [6.45, 7) is 1.38. The van der Waals surface area contributed by atoms with Crippen LogP contribution in [0.4, 0.5) is 5.69 Å². The molecule has 1 amide bonds. The molecule has 182 valence electrons. The molecular formula is C21H23Cl2N3O6PS+. The maximum Gasteiger partial charge on any atom is 0.425 e. The van der Waals surface area contributed by atoms with Crippen LogP contribution in [0.25, 0.3) is 10.9 Å². The Bertz CT molecular complexity index is 1350. The third-order valence-corrected chi connectivity index (χ3v) is 8.67. The number of nitrogens with zero attached hydrogens (tertiary/aromatic N) is 3. The molecule has 0 atom stereocenters. The molecule has 34 heavy (non-hydrogen) atoms. The zero-order valence-corrected chi connectivity index (χ0v) is 21.3. The number of halogens is 2. The summed E-state index contributed by atoms with van der Waals surface area (Å²) < 4.78 is 29.3. The molecule has 1 aliphatic rings. The zero-order valence-electron chi connectivity index (χ0n) is 18.1. The van der Waals surface area contributed by atoms with E-state index in [-0.39, 0.29) is 26.5 Å². The predicted octanol–water partition coefficient (Wildman–Crippen LogP) is 3.61. The number of amides is 1. The maximum atomic E-state index is 13.4. The van der Waals surface area contributed by atoms with E-state index in [1.54, 1.807) is 28.8 Å². The highest BCUT2D eigenvalue weighted by Crippen LogP contribution is 2.47. The molecule has 1 saturated heterocycles. The summed E-state index contributed by atoms with van der Waals surface area (Å²) in [6.07, 6.45) is 2.62. The van der Waals surface area contributed by atoms with Gasteiger partial charge in [0.15, 0.2) is 0 Å². The number of sulfonamides is 1. The minimum absolute atomic E-state index is 0.0616. The summed E-state index contributed by atoms with van der Waals surface area (Å²) in [5.41, 5.74) is 1.11. The molecule has 0 bridgehead atoms. The van der Waals surface area contributed by atoms with Gasteiger partial charge in [0.1, 0.15) is 0 Å². The van der Waals surface area contributed by atoms with Gasteiger partial charge >= 0.3 is 7.94 Å². The third kappa shape index (κ3) is 5.04. The fourth-order valence-corrected chi connectivity index (χ4v) is 7.50. The lowest BCUT2D eigenvalue weighted by molar-refractivity contribution is 0.0794. The van der Waals surface area contributed by atoms with Gasteiger partial charge < -0.3 is 9.47 Å². The van der Waals surface area contributed by atoms with Crippen molar-refractivity contribution in [1.82, 2.24) is 9.47 Å². The molecule has 0 spiro atoms. The molecule has 2 heterocycles. The highest BCUT2D eigenvalue weighted by atomic mass is 35.5. The van der Waals surface area contributed by atoms with Crippen LogP contribution in [0.3, 0.4) is 0 Å². The van der Waals surface area contributed by atoms with Gasteiger partial charge in [-0.3, -0.25) is 4.79 Å². The van der Waals surface area contributed by atoms with E-state index >= 15 is 0 Å². The normalized spacial score (nSPS) is 14.7. The number of hydrogen-bond acceptors (Lipinski definition) is 6. The SMILES string of the molecule is Cn1cc(C(=O)N2CCCC2)c2ccc(N(C[P+](O)(O)O)S(=O)(=O)c3cc(Cl)cc(Cl)c3)cc21. The van der Waals surface area contributed by atoms with Gasteiger partial charge in [0, 0.05) is 41.8 Å². The number of benzene rings is 2. The second kappa shape index (κ2) is 9.28. The Morgan fingerprint density at radius 1 is 1.06 bits per heavy atom. The number of aromatic nitrogens is 1. The van der Waals surface area contributed by atoms with Crippen LogP contribution in [0.5, 0.6) is 0 Å². The van der Waals surface area contributed by atoms with Crippen molar-refractivity contribution in [2.24, 2.45) is 7.05 Å². The fourth-order valence-electron chi connectivity index (χ4n) is 4.06. The van der Waals surface area contributed by atoms with Crippen molar-refractivity contribution in [3.8, 4) is 0 Å². The van der Waals surface area contributed by atoms with Crippen LogP contribution in [0.2, 0.25) is 10.0 Å². The lowest BCUT2D eigenvalue weighted by Gasteiger charge is -2.24. The molecule has 0 saturated carbocycles. The first-order valence-electron chi connectivity index (χ1n) is 10.3. The third-order valence-electron chi connectivity index (χ3n) is 5.63. The second-order valence-corrected chi connectivity index (χ2v) is 12.6. The minimum Gasteiger partial charge on any atom is -0.350 e. The molecule has 1 fully saturated rings. The van der Waals surface area contributed by atoms with Gasteiger partial charge in [-0.15, -0.1) is 0 Å². The van der Waals surface area contributed by atoms with E-state index in [0.29, 0.717) is 33.9 Å². The topological polar surface area (TPSA) is 123 Å². The van der Waals surface area contributed by atoms with Crippen molar-refractivity contribution >= 4 is 63.7 Å². The Hall–Kier alpha value is -1.91. The molecule has 0 unspecified atom stereocenters. The van der Waals surface area contributed by atoms with Crippen LogP contribution in [0.1, 0.15) is 23.2 Å². The lowest BCUT2D eigenvalue weighted by Crippen LogP contribution is -2.33. The fraction of sp³-hybridized carbons (Fsp3) is 0.286. The number of anilines is 1. The number of carbonyl (C=O) groups excluding carboxylic acids is 1. The number of carbonyl (C=O) groups is 1. The molecular weight excluding hydrogens is 524 g/mol. The molecule has 1 aliphatic heterocycles. The van der Waals surface area contributed by atoms with Crippen LogP contribution >= 0.6 is 31.1 Å². The number of fused-ring (bicyclic) bond motifs is 1. The Morgan fingerprint density at radius 3 is 2.26 bits per heavy atom. The summed E-state index contributed by atoms with van der Waals surface area (Å²) in [5, 5.41) is 0.781. The van der Waals surface area contributed by atoms with Crippen LogP contribution < -0.4 is 4.31 Å². The molecule has 0 radical (unpaired) electrons. The average molecular weight is 547 g/mol. The second-order valence-electron chi connectivity index (χ2n) is 8.15. The number of hydrogen-bond donors (Lipinski definition) is 3. The monoisotopic (exact) mass is 546 g/mol. The molecule has 13 heteroatoms. The van der Waals surface area contributed by atoms with Crippen LogP contribution in [-0.4, -0.2) is 57.8 Å². The molecule has 4 rings (SSSR count). The van der Waals surface area contributed by atoms with Gasteiger partial charge in [-0.05, 0) is 49.2 Å². The molecule has 0 aliphatic carbocycles. The largest absolute Gasteiger partial charge is 0.425 e. The number of likely N-dealkylation sites (tertiary alicyclic amines) is 1. The quantitative estimate of drug-likeness (QED) is 0.406. The summed E-state index contributed by atoms with van der Waals surface area (Å²) in [7, 11) is -7.24. The van der Waals surface area contributed by atoms with Gasteiger partial charge in [0.2, 0.25) is 6.29 Å². The van der Waals surface area contributed by atoms with Crippen LogP contribution in [-0.2, 0) is 17.1 Å². The van der Waals surface area contributed by atoms with E-state index in [2.05, 4.69) is 0 Å². The smallest absolute Gasteiger partial charge is 0.350 e. The van der Waals surface area contributed by atoms with Gasteiger partial charge in [-0.2, -0.15) is 14.7 Å². The van der Waals surface area contributed by atoms with Crippen molar-refractivity contribution in [3.05, 3.63) is 58.2 Å². The molecule has 1 aromatic heterocycles. The van der Waals surface area contributed by atoms with E-state index in [4.69, 9.17) is 23.2 Å². The van der Waals surface area contributed by atoms with Gasteiger partial charge in [0.25, 0.3) is 15.9 Å². The Labute approximate surface area is 207 Å². The van der Waals surface area contributed by atoms with Crippen molar-refractivity contribution in [3.63, 3.8) is 0 Å². The van der Waals surface area contributed by atoms with Gasteiger partial charge in [-0.25, -0.2) is 12.7 Å². The van der Waals surface area contributed by atoms with E-state index in [0.717, 1.165) is 12.8 Å². The van der Waals surface area contributed by atoms with E-state index in [1.165, 1.54) is 30.3 Å². The predicted molar refractivity (Wildman–Crippen MR) is 133 cm³/mol. The summed E-state index contributed by atoms with van der Waals surface area (Å²) in [4.78, 5) is 43.7. The Kier molecular flexibility index (Phi) is 6.87. The zero-order chi connectivity index (χ0) is 24.8. The standard InChI is InChI=1S/C21H23Cl2N3O6PS/c1-24-12-19(21(27)25-6-2-3-7-25)18-5-4-16(11-20(18)24)26(13-33(28,29)30)34(31,32)17-9-14(22)8-15(23)10-17/h4-5,8-12,28-30H,2-3,6-7,13H2,1H3/q+1. The first kappa shape index (κ1) is 25.2. The summed E-state index contributed by atoms with van der Waals surface area (Å²) >= 11 is 12.0. The first-order valence-corrected chi connectivity index (χ1v) is 14.3. The highest BCUT2D eigenvalue weighted by molar-refractivity contribution is 7.93. The van der Waals surface area contributed by atoms with Crippen molar-refractivity contribution in [2.45, 2.75) is 17.7 Å². The minimum atomic E-state index is -4.56. The molecule has 9 nitrogen and oxygen atoms in total. The van der Waals surface area contributed by atoms with Crippen molar-refractivity contribution in [1.29, 1.82) is 0 Å². The van der Waals surface area contributed by atoms with Gasteiger partial charge in [0.05, 0.1) is 21.7 Å². The summed E-state index contributed by atoms with van der Waals surface area (Å²) in [5.74, 6) is -0.0973. The van der Waals surface area contributed by atoms with Gasteiger partial charge in [-0.1, -0.05) is 23.2 Å². The van der Waals surface area contributed by atoms with Crippen molar-refractivity contribution < 1.29 is 27.9 Å². The lowest BCUT2D eigenvalue weighted by atomic mass is 10.1. The highest BCUT2D eigenvalue weighted by Gasteiger charge is 2.40. The Balaban J connectivity index is 1.82. The van der Waals surface area contributed by atoms with Crippen LogP contribution in [0.15, 0.2) is 47.5 Å². The molecule has 3 aromatic rings. The molecule has 3 N–H and O–H groups in total. The first-order chi connectivity index (χ1) is 15.9. The van der Waals surface area contributed by atoms with E-state index < -0.39 is 24.3 Å². The molecule has 2 aromatic carbocycles. The van der Waals surface area contributed by atoms with Crippen molar-refractivity contribution in [2.75, 3.05) is 23.7 Å². The maximum absolute atomic E-state index is 13.4.